The lowest BCUT2D eigenvalue weighted by Crippen LogP contribution is -2.28. The Hall–Kier alpha value is -3.54. The summed E-state index contributed by atoms with van der Waals surface area (Å²) in [6.45, 7) is 8.56. The zero-order chi connectivity index (χ0) is 22.1. The van der Waals surface area contributed by atoms with Crippen molar-refractivity contribution < 1.29 is 19.4 Å². The maximum absolute atomic E-state index is 12.8. The molecule has 1 amide bonds. The van der Waals surface area contributed by atoms with Gasteiger partial charge in [-0.25, -0.2) is 9.79 Å². The molecular weight excluding hydrogens is 380 g/mol. The third-order valence-corrected chi connectivity index (χ3v) is 4.35. The summed E-state index contributed by atoms with van der Waals surface area (Å²) in [6, 6.07) is 14.2. The van der Waals surface area contributed by atoms with Gasteiger partial charge in [-0.1, -0.05) is 42.0 Å². The van der Waals surface area contributed by atoms with Gasteiger partial charge >= 0.3 is 5.97 Å². The van der Waals surface area contributed by atoms with Gasteiger partial charge in [0.15, 0.2) is 5.84 Å². The van der Waals surface area contributed by atoms with Crippen LogP contribution in [-0.2, 0) is 9.53 Å². The van der Waals surface area contributed by atoms with Crippen LogP contribution >= 0.6 is 0 Å². The number of aryl methyl sites for hydroxylation is 1. The standard InChI is InChI=1S/C24H24N2O4/c1-14-10-12-16(13-11-14)22(28)26-21-18-9-7-6-8-17(18)20(25-21)19(15(2)27)23(29)30-24(3,4)5/h6-13,27H,1-5H3/b19-15+,26-21?. The maximum atomic E-state index is 12.8. The third-order valence-electron chi connectivity index (χ3n) is 4.35. The first-order chi connectivity index (χ1) is 14.1. The Labute approximate surface area is 175 Å². The molecule has 6 heteroatoms. The van der Waals surface area contributed by atoms with Crippen LogP contribution in [0.25, 0.3) is 0 Å². The minimum Gasteiger partial charge on any atom is -0.512 e. The number of fused-ring (bicyclic) bond motifs is 1. The number of aliphatic imine (C=N–C) groups is 2. The molecule has 6 nitrogen and oxygen atoms in total. The molecule has 2 aromatic carbocycles. The molecule has 0 aromatic heterocycles. The van der Waals surface area contributed by atoms with E-state index in [0.717, 1.165) is 5.56 Å². The molecule has 0 aliphatic carbocycles. The predicted octanol–water partition coefficient (Wildman–Crippen LogP) is 4.56. The van der Waals surface area contributed by atoms with Crippen LogP contribution in [0.3, 0.4) is 0 Å². The van der Waals surface area contributed by atoms with Gasteiger partial charge in [-0.2, -0.15) is 4.99 Å². The Morgan fingerprint density at radius 1 is 1.00 bits per heavy atom. The van der Waals surface area contributed by atoms with Crippen LogP contribution in [-0.4, -0.2) is 34.1 Å². The highest BCUT2D eigenvalue weighted by molar-refractivity contribution is 6.36. The van der Waals surface area contributed by atoms with Gasteiger partial charge in [0.05, 0.1) is 5.71 Å². The monoisotopic (exact) mass is 404 g/mol. The smallest absolute Gasteiger partial charge is 0.344 e. The third kappa shape index (κ3) is 4.54. The van der Waals surface area contributed by atoms with Crippen LogP contribution in [0.1, 0.15) is 54.7 Å². The summed E-state index contributed by atoms with van der Waals surface area (Å²) in [7, 11) is 0. The van der Waals surface area contributed by atoms with Crippen molar-refractivity contribution in [1.29, 1.82) is 0 Å². The predicted molar refractivity (Wildman–Crippen MR) is 116 cm³/mol. The molecule has 30 heavy (non-hydrogen) atoms. The largest absolute Gasteiger partial charge is 0.512 e. The summed E-state index contributed by atoms with van der Waals surface area (Å²) in [6.07, 6.45) is 0. The van der Waals surface area contributed by atoms with Gasteiger partial charge in [0.25, 0.3) is 5.91 Å². The van der Waals surface area contributed by atoms with Crippen molar-refractivity contribution in [2.45, 2.75) is 40.2 Å². The van der Waals surface area contributed by atoms with Crippen LogP contribution in [0, 0.1) is 6.92 Å². The van der Waals surface area contributed by atoms with Crippen LogP contribution in [0.2, 0.25) is 0 Å². The Bertz CT molecular complexity index is 1100. The van der Waals surface area contributed by atoms with E-state index in [-0.39, 0.29) is 22.9 Å². The summed E-state index contributed by atoms with van der Waals surface area (Å²) in [5, 5.41) is 10.2. The highest BCUT2D eigenvalue weighted by atomic mass is 16.6. The fourth-order valence-electron chi connectivity index (χ4n) is 2.99. The van der Waals surface area contributed by atoms with Crippen LogP contribution in [0.15, 0.2) is 69.8 Å². The molecule has 2 aromatic rings. The Balaban J connectivity index is 2.07. The van der Waals surface area contributed by atoms with E-state index in [1.165, 1.54) is 6.92 Å². The minimum atomic E-state index is -0.741. The number of carbonyl (C=O) groups excluding carboxylic acids is 2. The lowest BCUT2D eigenvalue weighted by atomic mass is 9.99. The number of nitrogens with zero attached hydrogens (tertiary/aromatic N) is 2. The van der Waals surface area contributed by atoms with E-state index in [4.69, 9.17) is 4.74 Å². The minimum absolute atomic E-state index is 0.0506. The number of rotatable bonds is 3. The van der Waals surface area contributed by atoms with Gasteiger partial charge in [0, 0.05) is 16.7 Å². The normalized spacial score (nSPS) is 15.4. The second-order valence-electron chi connectivity index (χ2n) is 8.07. The Morgan fingerprint density at radius 3 is 2.17 bits per heavy atom. The number of aliphatic hydroxyl groups is 1. The van der Waals surface area contributed by atoms with Gasteiger partial charge in [-0.3, -0.25) is 4.79 Å². The molecule has 3 rings (SSSR count). The summed E-state index contributed by atoms with van der Waals surface area (Å²) in [5.74, 6) is -1.16. The number of aliphatic hydroxyl groups excluding tert-OH is 1. The van der Waals surface area contributed by atoms with Crippen LogP contribution in [0.4, 0.5) is 0 Å². The van der Waals surface area contributed by atoms with E-state index in [9.17, 15) is 14.7 Å². The first-order valence-corrected chi connectivity index (χ1v) is 9.58. The molecular formula is C24H24N2O4. The molecule has 0 spiro atoms. The van der Waals surface area contributed by atoms with E-state index in [1.807, 2.05) is 19.1 Å². The summed E-state index contributed by atoms with van der Waals surface area (Å²) in [5.41, 5.74) is 2.12. The number of hydrogen-bond donors (Lipinski definition) is 1. The van der Waals surface area contributed by atoms with Crippen LogP contribution < -0.4 is 0 Å². The Morgan fingerprint density at radius 2 is 1.60 bits per heavy atom. The average Bonchev–Trinajstić information content (AvgIpc) is 2.99. The molecule has 0 saturated carbocycles. The molecule has 1 heterocycles. The fourth-order valence-corrected chi connectivity index (χ4v) is 2.99. The van der Waals surface area contributed by atoms with E-state index >= 15 is 0 Å². The van der Waals surface area contributed by atoms with E-state index in [1.54, 1.807) is 57.2 Å². The molecule has 0 radical (unpaired) electrons. The topological polar surface area (TPSA) is 88.3 Å². The number of benzene rings is 2. The second kappa shape index (κ2) is 8.06. The van der Waals surface area contributed by atoms with Gasteiger partial charge in [0.1, 0.15) is 16.9 Å². The van der Waals surface area contributed by atoms with Gasteiger partial charge < -0.3 is 9.84 Å². The second-order valence-corrected chi connectivity index (χ2v) is 8.07. The van der Waals surface area contributed by atoms with Crippen molar-refractivity contribution in [1.82, 2.24) is 0 Å². The average molecular weight is 404 g/mol. The SMILES string of the molecule is C/C(O)=C(\C(=O)OC(C)(C)C)C1=NC(=NC(=O)c2ccc(C)cc2)c2ccccc21. The molecule has 1 N–H and O–H groups in total. The van der Waals surface area contributed by atoms with Crippen molar-refractivity contribution in [3.05, 3.63) is 82.1 Å². The van der Waals surface area contributed by atoms with Gasteiger partial charge in [-0.15, -0.1) is 0 Å². The number of carbonyl (C=O) groups is 2. The summed E-state index contributed by atoms with van der Waals surface area (Å²) >= 11 is 0. The molecule has 0 atom stereocenters. The quantitative estimate of drug-likeness (QED) is 0.461. The highest BCUT2D eigenvalue weighted by Crippen LogP contribution is 2.27. The highest BCUT2D eigenvalue weighted by Gasteiger charge is 2.32. The number of allylic oxidation sites excluding steroid dienone is 1. The van der Waals surface area contributed by atoms with Crippen molar-refractivity contribution in [3.8, 4) is 0 Å². The van der Waals surface area contributed by atoms with Crippen molar-refractivity contribution in [2.24, 2.45) is 9.98 Å². The summed E-state index contributed by atoms with van der Waals surface area (Å²) < 4.78 is 5.44. The number of ether oxygens (including phenoxy) is 1. The number of amidine groups is 1. The molecule has 0 unspecified atom stereocenters. The van der Waals surface area contributed by atoms with E-state index < -0.39 is 17.5 Å². The molecule has 0 bridgehead atoms. The lowest BCUT2D eigenvalue weighted by Gasteiger charge is -2.21. The number of esters is 1. The number of amides is 1. The van der Waals surface area contributed by atoms with Crippen molar-refractivity contribution in [3.63, 3.8) is 0 Å². The summed E-state index contributed by atoms with van der Waals surface area (Å²) in [4.78, 5) is 34.0. The first kappa shape index (κ1) is 21.2. The lowest BCUT2D eigenvalue weighted by molar-refractivity contribution is -0.149. The van der Waals surface area contributed by atoms with Crippen molar-refractivity contribution >= 4 is 23.4 Å². The van der Waals surface area contributed by atoms with Crippen LogP contribution in [0.5, 0.6) is 0 Å². The molecule has 1 aliphatic heterocycles. The molecule has 1 aliphatic rings. The number of hydrogen-bond acceptors (Lipinski definition) is 4. The fraction of sp³-hybridized carbons (Fsp3) is 0.250. The molecule has 154 valence electrons. The van der Waals surface area contributed by atoms with Gasteiger partial charge in [0.2, 0.25) is 0 Å². The van der Waals surface area contributed by atoms with E-state index in [2.05, 4.69) is 9.98 Å². The Kier molecular flexibility index (Phi) is 5.69. The molecule has 0 fully saturated rings. The maximum Gasteiger partial charge on any atom is 0.344 e. The first-order valence-electron chi connectivity index (χ1n) is 9.58. The zero-order valence-electron chi connectivity index (χ0n) is 17.7. The van der Waals surface area contributed by atoms with E-state index in [0.29, 0.717) is 16.7 Å². The van der Waals surface area contributed by atoms with Gasteiger partial charge in [-0.05, 0) is 46.8 Å². The molecule has 0 saturated heterocycles. The zero-order valence-corrected chi connectivity index (χ0v) is 17.7. The van der Waals surface area contributed by atoms with Crippen molar-refractivity contribution in [2.75, 3.05) is 0 Å².